The fraction of sp³-hybridized carbons (Fsp3) is 0.800. The van der Waals surface area contributed by atoms with E-state index in [0.29, 0.717) is 0 Å². The predicted molar refractivity (Wildman–Crippen MR) is 43.8 cm³/mol. The quantitative estimate of drug-likeness (QED) is 0.449. The van der Waals surface area contributed by atoms with Gasteiger partial charge < -0.3 is 0 Å². The Balaban J connectivity index is 2.14. The van der Waals surface area contributed by atoms with Gasteiger partial charge in [-0.3, -0.25) is 0 Å². The van der Waals surface area contributed by atoms with Crippen molar-refractivity contribution in [2.45, 2.75) is 33.1 Å². The lowest BCUT2D eigenvalue weighted by atomic mass is 9.53. The van der Waals surface area contributed by atoms with Crippen molar-refractivity contribution in [1.29, 1.82) is 0 Å². The van der Waals surface area contributed by atoms with Gasteiger partial charge in [0.2, 0.25) is 0 Å². The highest BCUT2D eigenvalue weighted by Gasteiger charge is 2.49. The molecule has 2 rings (SSSR count). The highest BCUT2D eigenvalue weighted by Crippen LogP contribution is 2.58. The summed E-state index contributed by atoms with van der Waals surface area (Å²) in [7, 11) is 0. The van der Waals surface area contributed by atoms with Crippen LogP contribution in [0.25, 0.3) is 0 Å². The van der Waals surface area contributed by atoms with Crippen molar-refractivity contribution in [2.75, 3.05) is 0 Å². The summed E-state index contributed by atoms with van der Waals surface area (Å²) >= 11 is 0. The van der Waals surface area contributed by atoms with Crippen LogP contribution >= 0.6 is 0 Å². The average Bonchev–Trinajstić information content (AvgIpc) is 2.37. The summed E-state index contributed by atoms with van der Waals surface area (Å²) < 4.78 is 0. The molecule has 0 heterocycles. The smallest absolute Gasteiger partial charge is 0.0177 e. The summed E-state index contributed by atoms with van der Waals surface area (Å²) in [4.78, 5) is 0. The van der Waals surface area contributed by atoms with Crippen molar-refractivity contribution >= 4 is 0 Å². The van der Waals surface area contributed by atoms with Gasteiger partial charge in [0.25, 0.3) is 0 Å². The Bertz CT molecular complexity index is 149. The highest BCUT2D eigenvalue weighted by atomic mass is 14.5. The Labute approximate surface area is 63.3 Å². The Hall–Kier alpha value is -0.260. The van der Waals surface area contributed by atoms with Gasteiger partial charge in [-0.25, -0.2) is 0 Å². The normalized spacial score (nSPS) is 42.2. The van der Waals surface area contributed by atoms with E-state index in [1.54, 1.807) is 0 Å². The van der Waals surface area contributed by atoms with E-state index >= 15 is 0 Å². The van der Waals surface area contributed by atoms with Crippen LogP contribution in [0.3, 0.4) is 0 Å². The van der Waals surface area contributed by atoms with E-state index in [9.17, 15) is 0 Å². The Morgan fingerprint density at radius 2 is 1.60 bits per heavy atom. The van der Waals surface area contributed by atoms with Gasteiger partial charge in [-0.2, -0.15) is 0 Å². The molecule has 0 heteroatoms. The molecule has 0 aromatic heterocycles. The molecule has 2 aliphatic rings. The van der Waals surface area contributed by atoms with Crippen LogP contribution in [-0.2, 0) is 0 Å². The minimum absolute atomic E-state index is 0.722. The van der Waals surface area contributed by atoms with Crippen molar-refractivity contribution in [1.82, 2.24) is 0 Å². The first-order valence-corrected chi connectivity index (χ1v) is 4.41. The molecule has 0 saturated heterocycles. The van der Waals surface area contributed by atoms with Crippen LogP contribution in [0.5, 0.6) is 0 Å². The molecule has 0 nitrogen and oxygen atoms in total. The third kappa shape index (κ3) is 0.574. The lowest BCUT2D eigenvalue weighted by Gasteiger charge is -2.52. The lowest BCUT2D eigenvalue weighted by Crippen LogP contribution is -2.44. The monoisotopic (exact) mass is 136 g/mol. The SMILES string of the molecule is CC1C[C@@H](C)C12CC=CC2. The summed E-state index contributed by atoms with van der Waals surface area (Å²) in [6, 6.07) is 0. The summed E-state index contributed by atoms with van der Waals surface area (Å²) in [6.07, 6.45) is 8.91. The third-order valence-electron chi connectivity index (χ3n) is 3.83. The maximum absolute atomic E-state index is 2.41. The van der Waals surface area contributed by atoms with E-state index in [-0.39, 0.29) is 0 Å². The maximum atomic E-state index is 2.41. The van der Waals surface area contributed by atoms with Crippen LogP contribution in [0.4, 0.5) is 0 Å². The second-order valence-electron chi connectivity index (χ2n) is 4.15. The van der Waals surface area contributed by atoms with Gasteiger partial charge >= 0.3 is 0 Å². The molecule has 0 N–H and O–H groups in total. The summed E-state index contributed by atoms with van der Waals surface area (Å²) in [6.45, 7) is 4.82. The van der Waals surface area contributed by atoms with Gasteiger partial charge in [0.15, 0.2) is 0 Å². The molecule has 2 atom stereocenters. The standard InChI is InChI=1S/C10H16/c1-8-7-9(2)10(8)5-3-4-6-10/h3-4,8-9H,5-7H2,1-2H3/t8-,9?/m1/s1. The molecule has 1 unspecified atom stereocenters. The Kier molecular flexibility index (Phi) is 1.21. The van der Waals surface area contributed by atoms with Gasteiger partial charge in [0, 0.05) is 0 Å². The van der Waals surface area contributed by atoms with Crippen molar-refractivity contribution < 1.29 is 0 Å². The predicted octanol–water partition coefficient (Wildman–Crippen LogP) is 3.00. The molecule has 0 aromatic carbocycles. The second-order valence-corrected chi connectivity index (χ2v) is 4.15. The van der Waals surface area contributed by atoms with E-state index < -0.39 is 0 Å². The zero-order chi connectivity index (χ0) is 7.19. The van der Waals surface area contributed by atoms with Gasteiger partial charge in [-0.05, 0) is 36.5 Å². The molecular weight excluding hydrogens is 120 g/mol. The zero-order valence-corrected chi connectivity index (χ0v) is 6.93. The number of allylic oxidation sites excluding steroid dienone is 2. The molecule has 1 saturated carbocycles. The molecule has 1 spiro atoms. The molecular formula is C10H16. The van der Waals surface area contributed by atoms with Gasteiger partial charge in [-0.1, -0.05) is 26.0 Å². The molecule has 0 amide bonds. The molecule has 0 bridgehead atoms. The second kappa shape index (κ2) is 1.87. The molecule has 1 fully saturated rings. The van der Waals surface area contributed by atoms with Crippen molar-refractivity contribution in [3.8, 4) is 0 Å². The number of rotatable bonds is 0. The van der Waals surface area contributed by atoms with Crippen LogP contribution in [0.1, 0.15) is 33.1 Å². The van der Waals surface area contributed by atoms with Crippen LogP contribution in [0.2, 0.25) is 0 Å². The van der Waals surface area contributed by atoms with E-state index in [0.717, 1.165) is 17.3 Å². The van der Waals surface area contributed by atoms with Crippen LogP contribution in [0.15, 0.2) is 12.2 Å². The van der Waals surface area contributed by atoms with Crippen LogP contribution < -0.4 is 0 Å². The van der Waals surface area contributed by atoms with E-state index in [2.05, 4.69) is 26.0 Å². The van der Waals surface area contributed by atoms with E-state index in [1.807, 2.05) is 0 Å². The first kappa shape index (κ1) is 6.45. The topological polar surface area (TPSA) is 0 Å². The molecule has 0 aromatic rings. The fourth-order valence-corrected chi connectivity index (χ4v) is 2.82. The summed E-state index contributed by atoms with van der Waals surface area (Å²) in [5.41, 5.74) is 0.722. The summed E-state index contributed by atoms with van der Waals surface area (Å²) in [5, 5.41) is 0. The average molecular weight is 136 g/mol. The summed E-state index contributed by atoms with van der Waals surface area (Å²) in [5.74, 6) is 1.97. The lowest BCUT2D eigenvalue weighted by molar-refractivity contribution is -0.0197. The number of hydrogen-bond acceptors (Lipinski definition) is 0. The third-order valence-corrected chi connectivity index (χ3v) is 3.83. The zero-order valence-electron chi connectivity index (χ0n) is 6.93. The molecule has 0 aliphatic heterocycles. The first-order valence-electron chi connectivity index (χ1n) is 4.41. The van der Waals surface area contributed by atoms with Crippen LogP contribution in [-0.4, -0.2) is 0 Å². The van der Waals surface area contributed by atoms with Crippen molar-refractivity contribution in [2.24, 2.45) is 17.3 Å². The fourth-order valence-electron chi connectivity index (χ4n) is 2.82. The first-order chi connectivity index (χ1) is 4.76. The molecule has 2 aliphatic carbocycles. The van der Waals surface area contributed by atoms with Crippen molar-refractivity contribution in [3.05, 3.63) is 12.2 Å². The Morgan fingerprint density at radius 3 is 1.90 bits per heavy atom. The molecule has 56 valence electrons. The minimum atomic E-state index is 0.722. The maximum Gasteiger partial charge on any atom is -0.0177 e. The number of hydrogen-bond donors (Lipinski definition) is 0. The van der Waals surface area contributed by atoms with Crippen molar-refractivity contribution in [3.63, 3.8) is 0 Å². The van der Waals surface area contributed by atoms with E-state index in [4.69, 9.17) is 0 Å². The van der Waals surface area contributed by atoms with Gasteiger partial charge in [0.1, 0.15) is 0 Å². The highest BCUT2D eigenvalue weighted by molar-refractivity contribution is 5.11. The van der Waals surface area contributed by atoms with E-state index in [1.165, 1.54) is 19.3 Å². The minimum Gasteiger partial charge on any atom is -0.0879 e. The Morgan fingerprint density at radius 1 is 1.10 bits per heavy atom. The van der Waals surface area contributed by atoms with Gasteiger partial charge in [0.05, 0.1) is 0 Å². The van der Waals surface area contributed by atoms with Crippen LogP contribution in [0, 0.1) is 17.3 Å². The van der Waals surface area contributed by atoms with Gasteiger partial charge in [-0.15, -0.1) is 0 Å². The molecule has 0 radical (unpaired) electrons. The largest absolute Gasteiger partial charge is 0.0879 e. The molecule has 10 heavy (non-hydrogen) atoms.